The molecule has 0 aromatic heterocycles. The summed E-state index contributed by atoms with van der Waals surface area (Å²) in [5.41, 5.74) is 0.302. The monoisotopic (exact) mass is 395 g/mol. The van der Waals surface area contributed by atoms with Gasteiger partial charge in [0.25, 0.3) is 20.9 Å². The van der Waals surface area contributed by atoms with E-state index in [0.29, 0.717) is 10.5 Å². The second-order valence-electron chi connectivity index (χ2n) is 5.57. The number of rotatable bonds is 5. The lowest BCUT2D eigenvalue weighted by Crippen LogP contribution is -2.17. The van der Waals surface area contributed by atoms with E-state index < -0.39 is 14.9 Å². The smallest absolute Gasteiger partial charge is 0.286 e. The van der Waals surface area contributed by atoms with Crippen LogP contribution < -0.4 is 4.72 Å². The maximum absolute atomic E-state index is 12.6. The third-order valence-electron chi connectivity index (χ3n) is 3.38. The molecule has 1 amide bonds. The van der Waals surface area contributed by atoms with Crippen LogP contribution in [0.1, 0.15) is 5.56 Å². The number of hydrogen-bond donors (Lipinski definition) is 1. The first kappa shape index (κ1) is 19.7. The summed E-state index contributed by atoms with van der Waals surface area (Å²) in [6, 6.07) is 10.1. The average molecular weight is 395 g/mol. The Morgan fingerprint density at radius 2 is 1.85 bits per heavy atom. The van der Waals surface area contributed by atoms with Gasteiger partial charge < -0.3 is 4.90 Å². The summed E-state index contributed by atoms with van der Waals surface area (Å²) in [5, 5.41) is 10.8. The highest BCUT2D eigenvalue weighted by atomic mass is 32.2. The van der Waals surface area contributed by atoms with Gasteiger partial charge in [-0.2, -0.15) is 0 Å². The standard InChI is InChI=1S/C16H17N3O5S2/c1-11-8-9-12(10-14(11)19(21)22)26(23,24)17-13-6-4-5-7-15(13)25-16(20)18(2)3/h4-10,17H,1-3H3. The first-order chi connectivity index (χ1) is 12.1. The van der Waals surface area contributed by atoms with E-state index in [9.17, 15) is 23.3 Å². The van der Waals surface area contributed by atoms with Crippen LogP contribution in [0, 0.1) is 17.0 Å². The Balaban J connectivity index is 2.38. The summed E-state index contributed by atoms with van der Waals surface area (Å²) in [7, 11) is -0.876. The summed E-state index contributed by atoms with van der Waals surface area (Å²) in [5.74, 6) is 0. The Morgan fingerprint density at radius 1 is 1.19 bits per heavy atom. The number of aryl methyl sites for hydroxylation is 1. The van der Waals surface area contributed by atoms with Crippen molar-refractivity contribution >= 4 is 38.4 Å². The summed E-state index contributed by atoms with van der Waals surface area (Å²) in [6.07, 6.45) is 0. The molecule has 8 nitrogen and oxygen atoms in total. The van der Waals surface area contributed by atoms with E-state index in [1.54, 1.807) is 32.3 Å². The van der Waals surface area contributed by atoms with Crippen molar-refractivity contribution in [3.63, 3.8) is 0 Å². The number of nitrogens with one attached hydrogen (secondary N) is 1. The Morgan fingerprint density at radius 3 is 2.46 bits per heavy atom. The SMILES string of the molecule is Cc1ccc(S(=O)(=O)Nc2ccccc2SC(=O)N(C)C)cc1[N+](=O)[O-]. The maximum Gasteiger partial charge on any atom is 0.286 e. The van der Waals surface area contributed by atoms with Crippen LogP contribution in [0.15, 0.2) is 52.3 Å². The van der Waals surface area contributed by atoms with Crippen LogP contribution >= 0.6 is 11.8 Å². The van der Waals surface area contributed by atoms with E-state index in [4.69, 9.17) is 0 Å². The molecule has 10 heteroatoms. The number of amides is 1. The highest BCUT2D eigenvalue weighted by Crippen LogP contribution is 2.31. The summed E-state index contributed by atoms with van der Waals surface area (Å²) < 4.78 is 27.6. The lowest BCUT2D eigenvalue weighted by molar-refractivity contribution is -0.385. The summed E-state index contributed by atoms with van der Waals surface area (Å²) in [6.45, 7) is 1.53. The Hall–Kier alpha value is -2.59. The molecule has 2 aromatic rings. The summed E-state index contributed by atoms with van der Waals surface area (Å²) >= 11 is 0.877. The molecule has 138 valence electrons. The number of sulfonamides is 1. The second-order valence-corrected chi connectivity index (χ2v) is 8.25. The van der Waals surface area contributed by atoms with Crippen LogP contribution in [0.3, 0.4) is 0 Å². The Kier molecular flexibility index (Phi) is 5.88. The Labute approximate surface area is 155 Å². The molecule has 0 fully saturated rings. The largest absolute Gasteiger partial charge is 0.339 e. The molecule has 0 saturated carbocycles. The highest BCUT2D eigenvalue weighted by Gasteiger charge is 2.21. The van der Waals surface area contributed by atoms with Crippen molar-refractivity contribution in [3.8, 4) is 0 Å². The van der Waals surface area contributed by atoms with Crippen LogP contribution in [0.4, 0.5) is 16.2 Å². The Bertz CT molecular complexity index is 958. The van der Waals surface area contributed by atoms with Crippen molar-refractivity contribution in [2.45, 2.75) is 16.7 Å². The van der Waals surface area contributed by atoms with Gasteiger partial charge in [-0.3, -0.25) is 19.6 Å². The number of carbonyl (C=O) groups excluding carboxylic acids is 1. The molecule has 0 aliphatic rings. The number of para-hydroxylation sites is 1. The molecule has 0 radical (unpaired) electrons. The molecule has 1 N–H and O–H groups in total. The lowest BCUT2D eigenvalue weighted by Gasteiger charge is -2.14. The molecule has 0 spiro atoms. The number of hydrogen-bond acceptors (Lipinski definition) is 6. The lowest BCUT2D eigenvalue weighted by atomic mass is 10.2. The molecular formula is C16H17N3O5S2. The maximum atomic E-state index is 12.6. The van der Waals surface area contributed by atoms with Gasteiger partial charge >= 0.3 is 0 Å². The van der Waals surface area contributed by atoms with Crippen molar-refractivity contribution in [1.29, 1.82) is 0 Å². The van der Waals surface area contributed by atoms with Crippen molar-refractivity contribution in [1.82, 2.24) is 4.90 Å². The predicted octanol–water partition coefficient (Wildman–Crippen LogP) is 3.48. The molecule has 2 rings (SSSR count). The van der Waals surface area contributed by atoms with E-state index in [1.165, 1.54) is 30.0 Å². The van der Waals surface area contributed by atoms with Crippen molar-refractivity contribution < 1.29 is 18.1 Å². The van der Waals surface area contributed by atoms with E-state index in [1.807, 2.05) is 0 Å². The van der Waals surface area contributed by atoms with Gasteiger partial charge in [0.15, 0.2) is 0 Å². The zero-order chi connectivity index (χ0) is 19.5. The minimum absolute atomic E-state index is 0.218. The van der Waals surface area contributed by atoms with E-state index in [0.717, 1.165) is 17.8 Å². The topological polar surface area (TPSA) is 110 Å². The van der Waals surface area contributed by atoms with Gasteiger partial charge in [-0.1, -0.05) is 18.2 Å². The molecule has 0 bridgehead atoms. The van der Waals surface area contributed by atoms with Crippen molar-refractivity contribution in [3.05, 3.63) is 58.1 Å². The van der Waals surface area contributed by atoms with Gasteiger partial charge in [0.05, 0.1) is 15.5 Å². The fourth-order valence-corrected chi connectivity index (χ4v) is 3.89. The second kappa shape index (κ2) is 7.75. The zero-order valence-electron chi connectivity index (χ0n) is 14.3. The predicted molar refractivity (Wildman–Crippen MR) is 100 cm³/mol. The molecule has 0 aliphatic heterocycles. The van der Waals surface area contributed by atoms with Crippen LogP contribution in [0.25, 0.3) is 0 Å². The fraction of sp³-hybridized carbons (Fsp3) is 0.188. The van der Waals surface area contributed by atoms with Crippen LogP contribution in [0.2, 0.25) is 0 Å². The minimum Gasteiger partial charge on any atom is -0.339 e. The molecule has 0 saturated heterocycles. The number of nitro groups is 1. The van der Waals surface area contributed by atoms with Crippen LogP contribution in [0.5, 0.6) is 0 Å². The molecule has 0 heterocycles. The van der Waals surface area contributed by atoms with Gasteiger partial charge in [0, 0.05) is 30.6 Å². The molecule has 26 heavy (non-hydrogen) atoms. The van der Waals surface area contributed by atoms with Gasteiger partial charge in [-0.05, 0) is 36.9 Å². The minimum atomic E-state index is -4.06. The van der Waals surface area contributed by atoms with Crippen molar-refractivity contribution in [2.24, 2.45) is 0 Å². The van der Waals surface area contributed by atoms with Crippen LogP contribution in [-0.4, -0.2) is 37.6 Å². The van der Waals surface area contributed by atoms with E-state index in [-0.39, 0.29) is 21.5 Å². The number of carbonyl (C=O) groups is 1. The number of nitro benzene ring substituents is 1. The third kappa shape index (κ3) is 4.52. The van der Waals surface area contributed by atoms with Crippen LogP contribution in [-0.2, 0) is 10.0 Å². The number of nitrogens with zero attached hydrogens (tertiary/aromatic N) is 2. The van der Waals surface area contributed by atoms with Gasteiger partial charge in [0.1, 0.15) is 0 Å². The molecule has 2 aromatic carbocycles. The molecule has 0 unspecified atom stereocenters. The molecule has 0 atom stereocenters. The number of benzene rings is 2. The zero-order valence-corrected chi connectivity index (χ0v) is 15.9. The first-order valence-electron chi connectivity index (χ1n) is 7.38. The highest BCUT2D eigenvalue weighted by molar-refractivity contribution is 8.13. The van der Waals surface area contributed by atoms with E-state index >= 15 is 0 Å². The normalized spacial score (nSPS) is 11.0. The number of anilines is 1. The van der Waals surface area contributed by atoms with Gasteiger partial charge in [-0.15, -0.1) is 0 Å². The third-order valence-corrected chi connectivity index (χ3v) is 5.86. The summed E-state index contributed by atoms with van der Waals surface area (Å²) in [4.78, 5) is 23.9. The first-order valence-corrected chi connectivity index (χ1v) is 9.68. The number of thioether (sulfide) groups is 1. The molecular weight excluding hydrogens is 378 g/mol. The van der Waals surface area contributed by atoms with Gasteiger partial charge in [0.2, 0.25) is 0 Å². The fourth-order valence-electron chi connectivity index (χ4n) is 1.98. The van der Waals surface area contributed by atoms with Crippen molar-refractivity contribution in [2.75, 3.05) is 18.8 Å². The van der Waals surface area contributed by atoms with E-state index in [2.05, 4.69) is 4.72 Å². The molecule has 0 aliphatic carbocycles. The quantitative estimate of drug-likeness (QED) is 0.471. The van der Waals surface area contributed by atoms with Gasteiger partial charge in [-0.25, -0.2) is 8.42 Å². The average Bonchev–Trinajstić information content (AvgIpc) is 2.56.